The summed E-state index contributed by atoms with van der Waals surface area (Å²) in [7, 11) is 0. The van der Waals surface area contributed by atoms with Gasteiger partial charge in [0.15, 0.2) is 0 Å². The van der Waals surface area contributed by atoms with E-state index in [4.69, 9.17) is 0 Å². The molecule has 4 rings (SSSR count). The minimum Gasteiger partial charge on any atom is -1.00 e. The van der Waals surface area contributed by atoms with Crippen molar-refractivity contribution in [3.8, 4) is 0 Å². The van der Waals surface area contributed by atoms with Crippen LogP contribution in [0.15, 0.2) is 84.9 Å². The Hall–Kier alpha value is -1.14. The average molecular weight is 447 g/mol. The molecule has 0 aromatic heterocycles. The average Bonchev–Trinajstić information content (AvgIpc) is 3.14. The van der Waals surface area contributed by atoms with Crippen LogP contribution in [-0.2, 0) is 24.2 Å². The van der Waals surface area contributed by atoms with Gasteiger partial charge in [-0.3, -0.25) is 0 Å². The standard InChI is InChI=1S/C14H9.C5H5.C3H6.2ClH.Zr/c1-3-7-13-11(5-1)9-10-12-6-2-4-8-14(12)13;1-2-4-5-3-1;1-3-2;;;/h1-5,7-10H;1-5H;1-2H3;2*1H;/q2*-1;;;;+2/p-2. The molecular weight excluding hydrogens is 426 g/mol. The van der Waals surface area contributed by atoms with E-state index in [-0.39, 0.29) is 24.8 Å². The number of hydrogen-bond donors (Lipinski definition) is 0. The van der Waals surface area contributed by atoms with E-state index in [1.807, 2.05) is 42.5 Å². The molecule has 0 amide bonds. The largest absolute Gasteiger partial charge is 1.00 e. The van der Waals surface area contributed by atoms with Gasteiger partial charge in [-0.15, -0.1) is 41.1 Å². The van der Waals surface area contributed by atoms with Crippen LogP contribution in [-0.4, -0.2) is 3.21 Å². The van der Waals surface area contributed by atoms with E-state index < -0.39 is 0 Å². The zero-order chi connectivity index (χ0) is 16.5. The zero-order valence-corrected chi connectivity index (χ0v) is 18.3. The van der Waals surface area contributed by atoms with Crippen LogP contribution in [0.5, 0.6) is 0 Å². The predicted octanol–water partition coefficient (Wildman–Crippen LogP) is -0.0479. The molecule has 0 unspecified atom stereocenters. The van der Waals surface area contributed by atoms with Crippen LogP contribution in [0, 0.1) is 6.07 Å². The van der Waals surface area contributed by atoms with E-state index in [1.165, 1.54) is 24.8 Å². The molecule has 0 aliphatic heterocycles. The van der Waals surface area contributed by atoms with Gasteiger partial charge in [0.05, 0.1) is 0 Å². The maximum atomic E-state index is 3.24. The molecule has 25 heavy (non-hydrogen) atoms. The summed E-state index contributed by atoms with van der Waals surface area (Å²) in [6.07, 6.45) is 0. The van der Waals surface area contributed by atoms with Crippen molar-refractivity contribution in [1.29, 1.82) is 0 Å². The first-order valence-corrected chi connectivity index (χ1v) is 8.88. The summed E-state index contributed by atoms with van der Waals surface area (Å²) in [4.78, 5) is 0. The monoisotopic (exact) mass is 444 g/mol. The molecule has 0 saturated heterocycles. The van der Waals surface area contributed by atoms with Gasteiger partial charge in [-0.1, -0.05) is 35.7 Å². The van der Waals surface area contributed by atoms with Gasteiger partial charge in [-0.25, -0.2) is 12.1 Å². The molecule has 0 saturated carbocycles. The third-order valence-corrected chi connectivity index (χ3v) is 3.12. The number of rotatable bonds is 0. The summed E-state index contributed by atoms with van der Waals surface area (Å²) in [6.45, 7) is 4.25. The van der Waals surface area contributed by atoms with E-state index in [1.54, 1.807) is 24.2 Å². The quantitative estimate of drug-likeness (QED) is 0.263. The summed E-state index contributed by atoms with van der Waals surface area (Å²) >= 11 is 1.55. The molecule has 0 aliphatic rings. The van der Waals surface area contributed by atoms with Crippen molar-refractivity contribution in [3.63, 3.8) is 0 Å². The fraction of sp³-hybridized carbons (Fsp3) is 0.0909. The summed E-state index contributed by atoms with van der Waals surface area (Å²) in [5.41, 5.74) is 0. The van der Waals surface area contributed by atoms with Crippen molar-refractivity contribution in [1.82, 2.24) is 0 Å². The molecule has 0 fully saturated rings. The molecule has 0 N–H and O–H groups in total. The molecule has 128 valence electrons. The van der Waals surface area contributed by atoms with E-state index in [9.17, 15) is 0 Å². The van der Waals surface area contributed by atoms with Crippen molar-refractivity contribution in [2.45, 2.75) is 13.8 Å². The second-order valence-electron chi connectivity index (χ2n) is 5.38. The number of benzene rings is 3. The third kappa shape index (κ3) is 8.19. The SMILES string of the molecule is C[C](C)=[Zr+2].[Cl-].[Cl-].[c-]1cccc2c1ccc1ccccc12.c1cc[cH-]c1. The Labute approximate surface area is 177 Å². The molecule has 0 radical (unpaired) electrons. The molecule has 4 aromatic rings. The van der Waals surface area contributed by atoms with Gasteiger partial charge in [-0.05, 0) is 5.39 Å². The minimum atomic E-state index is 0. The summed E-state index contributed by atoms with van der Waals surface area (Å²) in [5, 5.41) is 5.07. The van der Waals surface area contributed by atoms with Crippen LogP contribution >= 0.6 is 0 Å². The first-order valence-electron chi connectivity index (χ1n) is 7.65. The van der Waals surface area contributed by atoms with Crippen molar-refractivity contribution in [2.24, 2.45) is 0 Å². The number of halogens is 2. The van der Waals surface area contributed by atoms with Crippen molar-refractivity contribution in [3.05, 3.63) is 91.0 Å². The predicted molar refractivity (Wildman–Crippen MR) is 98.7 cm³/mol. The van der Waals surface area contributed by atoms with Crippen molar-refractivity contribution in [2.75, 3.05) is 0 Å². The van der Waals surface area contributed by atoms with E-state index in [0.29, 0.717) is 0 Å². The minimum absolute atomic E-state index is 0. The van der Waals surface area contributed by atoms with Crippen LogP contribution in [0.2, 0.25) is 0 Å². The van der Waals surface area contributed by atoms with Gasteiger partial charge < -0.3 is 24.8 Å². The zero-order valence-electron chi connectivity index (χ0n) is 14.3. The molecule has 0 heterocycles. The van der Waals surface area contributed by atoms with Gasteiger partial charge >= 0.3 is 41.3 Å². The maximum Gasteiger partial charge on any atom is -0.0363 e. The topological polar surface area (TPSA) is 0 Å². The van der Waals surface area contributed by atoms with E-state index in [2.05, 4.69) is 62.4 Å². The fourth-order valence-electron chi connectivity index (χ4n) is 2.20. The second-order valence-corrected chi connectivity index (χ2v) is 7.84. The summed E-state index contributed by atoms with van der Waals surface area (Å²) < 4.78 is 1.51. The first-order chi connectivity index (χ1) is 11.2. The Kier molecular flexibility index (Phi) is 12.5. The smallest absolute Gasteiger partial charge is 0.0363 e. The van der Waals surface area contributed by atoms with Crippen LogP contribution in [0.25, 0.3) is 21.5 Å². The third-order valence-electron chi connectivity index (χ3n) is 3.12. The van der Waals surface area contributed by atoms with Crippen LogP contribution in [0.4, 0.5) is 0 Å². The second kappa shape index (κ2) is 13.1. The molecule has 0 spiro atoms. The normalized spacial score (nSPS) is 8.80. The molecule has 3 heteroatoms. The van der Waals surface area contributed by atoms with Gasteiger partial charge in [0.2, 0.25) is 0 Å². The molecule has 0 atom stereocenters. The van der Waals surface area contributed by atoms with Crippen molar-refractivity contribution < 1.29 is 49.0 Å². The number of hydrogen-bond acceptors (Lipinski definition) is 0. The van der Waals surface area contributed by atoms with E-state index in [0.717, 1.165) is 0 Å². The van der Waals surface area contributed by atoms with Crippen LogP contribution < -0.4 is 24.8 Å². The number of fused-ring (bicyclic) bond motifs is 3. The van der Waals surface area contributed by atoms with Gasteiger partial charge in [0.1, 0.15) is 0 Å². The van der Waals surface area contributed by atoms with Gasteiger partial charge in [-0.2, -0.15) is 18.2 Å². The van der Waals surface area contributed by atoms with Crippen molar-refractivity contribution >= 4 is 24.8 Å². The van der Waals surface area contributed by atoms with E-state index >= 15 is 0 Å². The molecule has 0 aliphatic carbocycles. The van der Waals surface area contributed by atoms with Gasteiger partial charge in [0.25, 0.3) is 0 Å². The Morgan fingerprint density at radius 1 is 0.800 bits per heavy atom. The summed E-state index contributed by atoms with van der Waals surface area (Å²) in [5.74, 6) is 0. The Morgan fingerprint density at radius 3 is 2.00 bits per heavy atom. The molecule has 4 aromatic carbocycles. The van der Waals surface area contributed by atoms with Crippen LogP contribution in [0.1, 0.15) is 13.8 Å². The molecule has 0 bridgehead atoms. The Bertz CT molecular complexity index is 791. The molecular formula is C22H20Cl2Zr-2. The fourth-order valence-corrected chi connectivity index (χ4v) is 2.20. The van der Waals surface area contributed by atoms with Gasteiger partial charge in [0, 0.05) is 0 Å². The first kappa shape index (κ1) is 23.9. The summed E-state index contributed by atoms with van der Waals surface area (Å²) in [6, 6.07) is 32.1. The molecule has 0 nitrogen and oxygen atoms in total. The van der Waals surface area contributed by atoms with Crippen LogP contribution in [0.3, 0.4) is 0 Å². The Morgan fingerprint density at radius 2 is 1.40 bits per heavy atom. The Balaban J connectivity index is 0.000000443. The maximum absolute atomic E-state index is 3.24.